The molecule has 0 bridgehead atoms. The molecule has 0 N–H and O–H groups in total. The molecular formula is C51H25F3N4O2. The topological polar surface area (TPSA) is 83.7 Å². The molecule has 0 aliphatic carbocycles. The van der Waals surface area contributed by atoms with Crippen molar-refractivity contribution in [1.29, 1.82) is 10.5 Å². The highest BCUT2D eigenvalue weighted by atomic mass is 19.4. The zero-order valence-corrected chi connectivity index (χ0v) is 31.2. The predicted molar refractivity (Wildman–Crippen MR) is 230 cm³/mol. The van der Waals surface area contributed by atoms with Gasteiger partial charge in [0, 0.05) is 54.2 Å². The molecule has 0 saturated heterocycles. The number of furan rings is 2. The van der Waals surface area contributed by atoms with Crippen molar-refractivity contribution < 1.29 is 22.0 Å². The van der Waals surface area contributed by atoms with E-state index < -0.39 is 11.7 Å². The summed E-state index contributed by atoms with van der Waals surface area (Å²) >= 11 is 0. The second kappa shape index (κ2) is 12.1. The summed E-state index contributed by atoms with van der Waals surface area (Å²) in [5, 5.41) is 29.0. The predicted octanol–water partition coefficient (Wildman–Crippen LogP) is 14.1. The first-order valence-electron chi connectivity index (χ1n) is 19.2. The van der Waals surface area contributed by atoms with Crippen LogP contribution in [0.5, 0.6) is 0 Å². The fraction of sp³-hybridized carbons (Fsp3) is 0.0196. The number of hydrogen-bond acceptors (Lipinski definition) is 4. The van der Waals surface area contributed by atoms with Crippen molar-refractivity contribution in [2.24, 2.45) is 0 Å². The molecule has 12 rings (SSSR count). The van der Waals surface area contributed by atoms with Crippen LogP contribution in [0.2, 0.25) is 0 Å². The van der Waals surface area contributed by atoms with Crippen molar-refractivity contribution >= 4 is 87.5 Å². The quantitative estimate of drug-likeness (QED) is 0.179. The van der Waals surface area contributed by atoms with E-state index in [1.807, 2.05) is 137 Å². The van der Waals surface area contributed by atoms with Crippen LogP contribution in [0.3, 0.4) is 0 Å². The Kier molecular flexibility index (Phi) is 6.84. The van der Waals surface area contributed by atoms with Crippen LogP contribution in [-0.2, 0) is 6.18 Å². The third-order valence-electron chi connectivity index (χ3n) is 11.9. The Morgan fingerprint density at radius 2 is 0.983 bits per heavy atom. The zero-order chi connectivity index (χ0) is 40.4. The Labute approximate surface area is 337 Å². The van der Waals surface area contributed by atoms with E-state index in [0.717, 1.165) is 54.7 Å². The Hall–Kier alpha value is -8.27. The standard InChI is InChI=1S/C51H25F3N4O2/c52-51(53,54)39-15-9-10-28(26-55)45(39)37-24-25-42(57-40-16-5-1-11-29(40)33-20-22-35-31-13-3-7-18-43(31)59-49(35)47(33)57)38(27-56)46(37)58-41-17-6-2-12-30(41)34-21-23-36-32-14-4-8-19-44(32)60-50(36)48(34)58/h1-25H. The smallest absolute Gasteiger partial charge is 0.417 e. The second-order valence-electron chi connectivity index (χ2n) is 14.9. The van der Waals surface area contributed by atoms with Crippen molar-refractivity contribution in [1.82, 2.24) is 9.13 Å². The molecule has 0 saturated carbocycles. The van der Waals surface area contributed by atoms with Gasteiger partial charge in [0.2, 0.25) is 0 Å². The molecule has 6 nitrogen and oxygen atoms in total. The molecule has 0 fully saturated rings. The fourth-order valence-corrected chi connectivity index (χ4v) is 9.43. The molecule has 0 atom stereocenters. The third-order valence-corrected chi connectivity index (χ3v) is 11.9. The summed E-state index contributed by atoms with van der Waals surface area (Å²) in [7, 11) is 0. The molecule has 282 valence electrons. The Balaban J connectivity index is 1.33. The fourth-order valence-electron chi connectivity index (χ4n) is 9.43. The van der Waals surface area contributed by atoms with Crippen LogP contribution in [0.25, 0.3) is 110 Å². The van der Waals surface area contributed by atoms with E-state index in [1.54, 1.807) is 12.1 Å². The number of aromatic nitrogens is 2. The van der Waals surface area contributed by atoms with Gasteiger partial charge in [-0.05, 0) is 54.6 Å². The van der Waals surface area contributed by atoms with Gasteiger partial charge in [-0.25, -0.2) is 0 Å². The zero-order valence-electron chi connectivity index (χ0n) is 31.2. The van der Waals surface area contributed by atoms with E-state index in [0.29, 0.717) is 44.6 Å². The number of hydrogen-bond donors (Lipinski definition) is 0. The molecular weight excluding hydrogens is 758 g/mol. The summed E-state index contributed by atoms with van der Waals surface area (Å²) in [6, 6.07) is 50.3. The van der Waals surface area contributed by atoms with Gasteiger partial charge in [-0.15, -0.1) is 0 Å². The van der Waals surface area contributed by atoms with Gasteiger partial charge >= 0.3 is 6.18 Å². The highest BCUT2D eigenvalue weighted by Crippen LogP contribution is 2.48. The molecule has 9 heteroatoms. The maximum Gasteiger partial charge on any atom is 0.417 e. The van der Waals surface area contributed by atoms with E-state index >= 15 is 13.2 Å². The maximum absolute atomic E-state index is 15.2. The lowest BCUT2D eigenvalue weighted by atomic mass is 9.90. The normalized spacial score (nSPS) is 12.2. The van der Waals surface area contributed by atoms with Gasteiger partial charge in [-0.1, -0.05) is 97.1 Å². The molecule has 4 heterocycles. The molecule has 60 heavy (non-hydrogen) atoms. The molecule has 0 aliphatic heterocycles. The van der Waals surface area contributed by atoms with Gasteiger partial charge in [-0.3, -0.25) is 0 Å². The number of fused-ring (bicyclic) bond motifs is 14. The van der Waals surface area contributed by atoms with Crippen LogP contribution in [0.1, 0.15) is 16.7 Å². The number of nitrogens with zero attached hydrogens (tertiary/aromatic N) is 4. The number of nitriles is 2. The van der Waals surface area contributed by atoms with Crippen molar-refractivity contribution in [3.05, 3.63) is 168 Å². The summed E-state index contributed by atoms with van der Waals surface area (Å²) in [6.45, 7) is 0. The summed E-state index contributed by atoms with van der Waals surface area (Å²) in [5.74, 6) is 0. The molecule has 0 spiro atoms. The molecule has 4 aromatic heterocycles. The number of halogens is 3. The Morgan fingerprint density at radius 3 is 1.55 bits per heavy atom. The van der Waals surface area contributed by atoms with Gasteiger partial charge in [0.05, 0.1) is 50.6 Å². The van der Waals surface area contributed by atoms with Crippen LogP contribution >= 0.6 is 0 Å². The average molecular weight is 783 g/mol. The summed E-state index contributed by atoms with van der Waals surface area (Å²) < 4.78 is 62.7. The monoisotopic (exact) mass is 782 g/mol. The SMILES string of the molecule is N#Cc1cccc(C(F)(F)F)c1-c1ccc(-n2c3ccccc3c3ccc4c5ccccc5oc4c32)c(C#N)c1-n1c2ccccc2c2ccc3c4ccccc4oc3c21. The lowest BCUT2D eigenvalue weighted by Gasteiger charge is -2.22. The highest BCUT2D eigenvalue weighted by Gasteiger charge is 2.37. The van der Waals surface area contributed by atoms with E-state index in [2.05, 4.69) is 6.07 Å². The largest absolute Gasteiger partial charge is 0.454 e. The molecule has 0 amide bonds. The van der Waals surface area contributed by atoms with Crippen LogP contribution in [-0.4, -0.2) is 9.13 Å². The maximum atomic E-state index is 15.2. The van der Waals surface area contributed by atoms with Crippen molar-refractivity contribution in [3.8, 4) is 34.6 Å². The third kappa shape index (κ3) is 4.46. The van der Waals surface area contributed by atoms with Crippen molar-refractivity contribution in [2.45, 2.75) is 6.18 Å². The van der Waals surface area contributed by atoms with E-state index in [4.69, 9.17) is 8.83 Å². The first kappa shape index (κ1) is 33.8. The number of alkyl halides is 3. The van der Waals surface area contributed by atoms with Crippen LogP contribution in [0.4, 0.5) is 13.2 Å². The molecule has 0 unspecified atom stereocenters. The molecule has 0 radical (unpaired) electrons. The summed E-state index contributed by atoms with van der Waals surface area (Å²) in [4.78, 5) is 0. The summed E-state index contributed by atoms with van der Waals surface area (Å²) in [6.07, 6.45) is -4.84. The van der Waals surface area contributed by atoms with Crippen LogP contribution in [0, 0.1) is 22.7 Å². The lowest BCUT2D eigenvalue weighted by Crippen LogP contribution is -2.11. The average Bonchev–Trinajstić information content (AvgIpc) is 4.03. The minimum absolute atomic E-state index is 0.0604. The second-order valence-corrected chi connectivity index (χ2v) is 14.9. The number of rotatable bonds is 3. The van der Waals surface area contributed by atoms with Gasteiger partial charge in [-0.2, -0.15) is 23.7 Å². The van der Waals surface area contributed by atoms with E-state index in [1.165, 1.54) is 12.1 Å². The molecule has 0 aliphatic rings. The molecule has 8 aromatic carbocycles. The highest BCUT2D eigenvalue weighted by molar-refractivity contribution is 6.23. The Bertz CT molecular complexity index is 3920. The first-order chi connectivity index (χ1) is 29.4. The van der Waals surface area contributed by atoms with Gasteiger partial charge in [0.15, 0.2) is 11.2 Å². The number of para-hydroxylation sites is 4. The minimum atomic E-state index is -4.84. The van der Waals surface area contributed by atoms with Gasteiger partial charge in [0.25, 0.3) is 0 Å². The lowest BCUT2D eigenvalue weighted by molar-refractivity contribution is -0.137. The van der Waals surface area contributed by atoms with Gasteiger partial charge < -0.3 is 18.0 Å². The van der Waals surface area contributed by atoms with Crippen LogP contribution < -0.4 is 0 Å². The summed E-state index contributed by atoms with van der Waals surface area (Å²) in [5.41, 5.74) is 4.37. The minimum Gasteiger partial charge on any atom is -0.454 e. The van der Waals surface area contributed by atoms with Crippen molar-refractivity contribution in [2.75, 3.05) is 0 Å². The number of benzene rings is 8. The Morgan fingerprint density at radius 1 is 0.467 bits per heavy atom. The van der Waals surface area contributed by atoms with E-state index in [9.17, 15) is 10.5 Å². The first-order valence-corrected chi connectivity index (χ1v) is 19.2. The van der Waals surface area contributed by atoms with Gasteiger partial charge in [0.1, 0.15) is 22.8 Å². The van der Waals surface area contributed by atoms with Crippen LogP contribution in [0.15, 0.2) is 160 Å². The van der Waals surface area contributed by atoms with E-state index in [-0.39, 0.29) is 27.9 Å². The van der Waals surface area contributed by atoms with Crippen molar-refractivity contribution in [3.63, 3.8) is 0 Å². The molecule has 12 aromatic rings.